The van der Waals surface area contributed by atoms with Crippen LogP contribution in [0.5, 0.6) is 0 Å². The van der Waals surface area contributed by atoms with Gasteiger partial charge in [0.25, 0.3) is 5.91 Å². The van der Waals surface area contributed by atoms with E-state index in [2.05, 4.69) is 4.90 Å². The molecule has 0 aromatic heterocycles. The number of aliphatic hydroxyl groups is 1. The number of aliphatic hydroxyl groups excluding tert-OH is 1. The average molecular weight is 301 g/mol. The Labute approximate surface area is 122 Å². The number of hydrogen-bond donors (Lipinski definition) is 1. The van der Waals surface area contributed by atoms with Crippen LogP contribution < -0.4 is 0 Å². The first-order valence-corrected chi connectivity index (χ1v) is 7.00. The number of amides is 1. The lowest BCUT2D eigenvalue weighted by atomic mass is 10.1. The summed E-state index contributed by atoms with van der Waals surface area (Å²) in [7, 11) is 0. The van der Waals surface area contributed by atoms with Crippen LogP contribution in [0.1, 0.15) is 17.3 Å². The van der Waals surface area contributed by atoms with Gasteiger partial charge in [0, 0.05) is 37.7 Å². The Bertz CT molecular complexity index is 488. The molecule has 1 aliphatic heterocycles. The lowest BCUT2D eigenvalue weighted by Gasteiger charge is -2.35. The van der Waals surface area contributed by atoms with Crippen LogP contribution in [0.15, 0.2) is 18.2 Å². The van der Waals surface area contributed by atoms with Crippen molar-refractivity contribution in [2.45, 2.75) is 13.0 Å². The van der Waals surface area contributed by atoms with Crippen LogP contribution in [0, 0.1) is 5.82 Å². The number of benzene rings is 1. The predicted octanol–water partition coefficient (Wildman–Crippen LogP) is 1.62. The van der Waals surface area contributed by atoms with Crippen LogP contribution in [0.4, 0.5) is 4.39 Å². The molecule has 1 aliphatic rings. The maximum Gasteiger partial charge on any atom is 0.256 e. The highest BCUT2D eigenvalue weighted by molar-refractivity contribution is 6.31. The van der Waals surface area contributed by atoms with Crippen LogP contribution in [0.25, 0.3) is 0 Å². The van der Waals surface area contributed by atoms with Crippen LogP contribution in [-0.2, 0) is 0 Å². The predicted molar refractivity (Wildman–Crippen MR) is 75.4 cm³/mol. The minimum absolute atomic E-state index is 0.0153. The van der Waals surface area contributed by atoms with Crippen LogP contribution in [0.2, 0.25) is 5.02 Å². The molecule has 1 amide bonds. The summed E-state index contributed by atoms with van der Waals surface area (Å²) < 4.78 is 13.7. The summed E-state index contributed by atoms with van der Waals surface area (Å²) in [6, 6.07) is 3.99. The Hall–Kier alpha value is -1.17. The molecule has 0 radical (unpaired) electrons. The smallest absolute Gasteiger partial charge is 0.256 e. The van der Waals surface area contributed by atoms with E-state index >= 15 is 0 Å². The zero-order chi connectivity index (χ0) is 14.7. The van der Waals surface area contributed by atoms with E-state index in [1.807, 2.05) is 0 Å². The van der Waals surface area contributed by atoms with Crippen molar-refractivity contribution in [3.8, 4) is 0 Å². The minimum atomic E-state index is -0.550. The third kappa shape index (κ3) is 3.69. The highest BCUT2D eigenvalue weighted by atomic mass is 35.5. The highest BCUT2D eigenvalue weighted by Gasteiger charge is 2.24. The largest absolute Gasteiger partial charge is 0.392 e. The van der Waals surface area contributed by atoms with Crippen molar-refractivity contribution in [3.63, 3.8) is 0 Å². The van der Waals surface area contributed by atoms with Gasteiger partial charge in [-0.3, -0.25) is 9.69 Å². The van der Waals surface area contributed by atoms with Crippen molar-refractivity contribution in [3.05, 3.63) is 34.6 Å². The molecular formula is C14H18ClFN2O2. The van der Waals surface area contributed by atoms with Crippen molar-refractivity contribution in [1.82, 2.24) is 9.80 Å². The van der Waals surface area contributed by atoms with E-state index in [9.17, 15) is 14.3 Å². The number of β-amino-alcohol motifs (C(OH)–C–C–N with tert-alkyl or cyclic N) is 1. The van der Waals surface area contributed by atoms with Gasteiger partial charge in [0.1, 0.15) is 5.82 Å². The Morgan fingerprint density at radius 3 is 2.65 bits per heavy atom. The molecule has 0 spiro atoms. The molecule has 1 aromatic carbocycles. The number of rotatable bonds is 3. The summed E-state index contributed by atoms with van der Waals surface area (Å²) >= 11 is 5.81. The molecule has 0 unspecified atom stereocenters. The normalized spacial score (nSPS) is 18.1. The SMILES string of the molecule is C[C@@H](O)CN1CCN(C(=O)c2cc(Cl)ccc2F)CC1. The fraction of sp³-hybridized carbons (Fsp3) is 0.500. The molecule has 1 atom stereocenters. The third-order valence-corrected chi connectivity index (χ3v) is 3.58. The summed E-state index contributed by atoms with van der Waals surface area (Å²) in [5.41, 5.74) is 0.0153. The average Bonchev–Trinajstić information content (AvgIpc) is 2.41. The molecule has 1 aromatic rings. The lowest BCUT2D eigenvalue weighted by Crippen LogP contribution is -2.50. The molecule has 1 saturated heterocycles. The van der Waals surface area contributed by atoms with Crippen molar-refractivity contribution < 1.29 is 14.3 Å². The van der Waals surface area contributed by atoms with E-state index in [0.717, 1.165) is 0 Å². The number of hydrogen-bond acceptors (Lipinski definition) is 3. The van der Waals surface area contributed by atoms with Crippen LogP contribution in [-0.4, -0.2) is 59.6 Å². The monoisotopic (exact) mass is 300 g/mol. The van der Waals surface area contributed by atoms with E-state index in [1.54, 1.807) is 11.8 Å². The molecule has 1 fully saturated rings. The van der Waals surface area contributed by atoms with Crippen molar-refractivity contribution in [2.24, 2.45) is 0 Å². The van der Waals surface area contributed by atoms with Gasteiger partial charge in [0.15, 0.2) is 0 Å². The number of carbonyl (C=O) groups excluding carboxylic acids is 1. The second-order valence-electron chi connectivity index (χ2n) is 5.07. The molecule has 6 heteroatoms. The maximum atomic E-state index is 13.7. The van der Waals surface area contributed by atoms with Gasteiger partial charge in [0.05, 0.1) is 11.7 Å². The van der Waals surface area contributed by atoms with Gasteiger partial charge in [-0.15, -0.1) is 0 Å². The third-order valence-electron chi connectivity index (χ3n) is 3.34. The molecule has 4 nitrogen and oxygen atoms in total. The Balaban J connectivity index is 2.00. The summed E-state index contributed by atoms with van der Waals surface area (Å²) in [5.74, 6) is -0.882. The fourth-order valence-electron chi connectivity index (χ4n) is 2.34. The number of nitrogens with zero attached hydrogens (tertiary/aromatic N) is 2. The number of carbonyl (C=O) groups is 1. The highest BCUT2D eigenvalue weighted by Crippen LogP contribution is 2.17. The van der Waals surface area contributed by atoms with Crippen molar-refractivity contribution >= 4 is 17.5 Å². The van der Waals surface area contributed by atoms with E-state index < -0.39 is 5.82 Å². The molecule has 2 rings (SSSR count). The number of halogens is 2. The molecule has 1 heterocycles. The van der Waals surface area contributed by atoms with E-state index in [0.29, 0.717) is 37.7 Å². The molecule has 1 N–H and O–H groups in total. The first kappa shape index (κ1) is 15.2. The quantitative estimate of drug-likeness (QED) is 0.922. The molecule has 0 bridgehead atoms. The molecule has 0 saturated carbocycles. The lowest BCUT2D eigenvalue weighted by molar-refractivity contribution is 0.0550. The van der Waals surface area contributed by atoms with Gasteiger partial charge in [-0.2, -0.15) is 0 Å². The van der Waals surface area contributed by atoms with Gasteiger partial charge in [-0.25, -0.2) is 4.39 Å². The second kappa shape index (κ2) is 6.52. The van der Waals surface area contributed by atoms with E-state index in [1.165, 1.54) is 18.2 Å². The van der Waals surface area contributed by atoms with Crippen LogP contribution >= 0.6 is 11.6 Å². The zero-order valence-corrected chi connectivity index (χ0v) is 12.1. The molecule has 110 valence electrons. The first-order chi connectivity index (χ1) is 9.47. The minimum Gasteiger partial charge on any atom is -0.392 e. The first-order valence-electron chi connectivity index (χ1n) is 6.62. The second-order valence-corrected chi connectivity index (χ2v) is 5.50. The topological polar surface area (TPSA) is 43.8 Å². The molecule has 20 heavy (non-hydrogen) atoms. The van der Waals surface area contributed by atoms with Crippen molar-refractivity contribution in [2.75, 3.05) is 32.7 Å². The summed E-state index contributed by atoms with van der Waals surface area (Å²) in [6.45, 7) is 4.74. The van der Waals surface area contributed by atoms with Gasteiger partial charge < -0.3 is 10.0 Å². The van der Waals surface area contributed by atoms with Gasteiger partial charge in [-0.1, -0.05) is 11.6 Å². The van der Waals surface area contributed by atoms with Crippen molar-refractivity contribution in [1.29, 1.82) is 0 Å². The fourth-order valence-corrected chi connectivity index (χ4v) is 2.51. The summed E-state index contributed by atoms with van der Waals surface area (Å²) in [4.78, 5) is 16.0. The van der Waals surface area contributed by atoms with Crippen LogP contribution in [0.3, 0.4) is 0 Å². The molecule has 0 aliphatic carbocycles. The van der Waals surface area contributed by atoms with Gasteiger partial charge in [-0.05, 0) is 25.1 Å². The zero-order valence-electron chi connectivity index (χ0n) is 11.4. The Morgan fingerprint density at radius 2 is 2.05 bits per heavy atom. The van der Waals surface area contributed by atoms with E-state index in [-0.39, 0.29) is 17.6 Å². The molecular weight excluding hydrogens is 283 g/mol. The Kier molecular flexibility index (Phi) is 4.96. The van der Waals surface area contributed by atoms with E-state index in [4.69, 9.17) is 11.6 Å². The summed E-state index contributed by atoms with van der Waals surface area (Å²) in [6.07, 6.45) is -0.386. The van der Waals surface area contributed by atoms with Gasteiger partial charge >= 0.3 is 0 Å². The Morgan fingerprint density at radius 1 is 1.40 bits per heavy atom. The van der Waals surface area contributed by atoms with Gasteiger partial charge in [0.2, 0.25) is 0 Å². The number of piperazine rings is 1. The standard InChI is InChI=1S/C14H18ClFN2O2/c1-10(19)9-17-4-6-18(7-5-17)14(20)12-8-11(15)2-3-13(12)16/h2-3,8,10,19H,4-7,9H2,1H3/t10-/m1/s1. The maximum absolute atomic E-state index is 13.7. The summed E-state index contributed by atoms with van der Waals surface area (Å²) in [5, 5.41) is 9.69.